The van der Waals surface area contributed by atoms with Crippen molar-refractivity contribution < 1.29 is 4.79 Å². The Labute approximate surface area is 111 Å². The highest BCUT2D eigenvalue weighted by molar-refractivity contribution is 7.07. The summed E-state index contributed by atoms with van der Waals surface area (Å²) in [6.07, 6.45) is 0.880. The Morgan fingerprint density at radius 3 is 2.72 bits per heavy atom. The highest BCUT2D eigenvalue weighted by Crippen LogP contribution is 2.07. The van der Waals surface area contributed by atoms with Gasteiger partial charge in [0.05, 0.1) is 5.51 Å². The number of carbonyl (C=O) groups is 1. The van der Waals surface area contributed by atoms with Crippen molar-refractivity contribution in [2.24, 2.45) is 0 Å². The molecular weight excluding hydrogens is 244 g/mol. The van der Waals surface area contributed by atoms with Gasteiger partial charge in [-0.3, -0.25) is 4.79 Å². The zero-order valence-electron chi connectivity index (χ0n) is 10.4. The summed E-state index contributed by atoms with van der Waals surface area (Å²) in [5.74, 6) is 0.0229. The van der Waals surface area contributed by atoms with Crippen LogP contribution < -0.4 is 0 Å². The SMILES string of the molecule is CCN(CCc1ccccc1)C(=O)c1cscn1. The van der Waals surface area contributed by atoms with Crippen molar-refractivity contribution in [1.82, 2.24) is 9.88 Å². The number of nitrogens with zero attached hydrogens (tertiary/aromatic N) is 2. The standard InChI is InChI=1S/C14H16N2OS/c1-2-16(14(17)13-10-18-11-15-13)9-8-12-6-4-3-5-7-12/h3-7,10-11H,2,8-9H2,1H3. The van der Waals surface area contributed by atoms with Gasteiger partial charge in [-0.15, -0.1) is 11.3 Å². The highest BCUT2D eigenvalue weighted by atomic mass is 32.1. The third-order valence-corrected chi connectivity index (χ3v) is 3.42. The molecule has 2 aromatic rings. The summed E-state index contributed by atoms with van der Waals surface area (Å²) in [6, 6.07) is 10.2. The van der Waals surface area contributed by atoms with E-state index in [2.05, 4.69) is 17.1 Å². The lowest BCUT2D eigenvalue weighted by molar-refractivity contribution is 0.0761. The molecule has 4 heteroatoms. The van der Waals surface area contributed by atoms with Gasteiger partial charge in [0.2, 0.25) is 0 Å². The zero-order chi connectivity index (χ0) is 12.8. The van der Waals surface area contributed by atoms with Crippen LogP contribution >= 0.6 is 11.3 Å². The minimum Gasteiger partial charge on any atom is -0.337 e. The molecule has 0 saturated carbocycles. The Balaban J connectivity index is 1.96. The molecule has 2 rings (SSSR count). The van der Waals surface area contributed by atoms with E-state index in [4.69, 9.17) is 0 Å². The molecule has 0 saturated heterocycles. The van der Waals surface area contributed by atoms with Crippen LogP contribution in [-0.4, -0.2) is 28.9 Å². The number of aromatic nitrogens is 1. The molecule has 1 aromatic heterocycles. The van der Waals surface area contributed by atoms with Gasteiger partial charge in [0, 0.05) is 18.5 Å². The first kappa shape index (κ1) is 12.8. The molecule has 0 spiro atoms. The van der Waals surface area contributed by atoms with E-state index in [9.17, 15) is 4.79 Å². The number of likely N-dealkylation sites (N-methyl/N-ethyl adjacent to an activating group) is 1. The van der Waals surface area contributed by atoms with Crippen molar-refractivity contribution >= 4 is 17.2 Å². The smallest absolute Gasteiger partial charge is 0.273 e. The van der Waals surface area contributed by atoms with E-state index in [0.29, 0.717) is 12.2 Å². The predicted octanol–water partition coefficient (Wildman–Crippen LogP) is 2.85. The monoisotopic (exact) mass is 260 g/mol. The van der Waals surface area contributed by atoms with Crippen molar-refractivity contribution in [2.45, 2.75) is 13.3 Å². The maximum atomic E-state index is 12.1. The maximum absolute atomic E-state index is 12.1. The molecule has 0 radical (unpaired) electrons. The number of hydrogen-bond acceptors (Lipinski definition) is 3. The van der Waals surface area contributed by atoms with Gasteiger partial charge in [-0.05, 0) is 18.9 Å². The number of thiazole rings is 1. The highest BCUT2D eigenvalue weighted by Gasteiger charge is 2.15. The summed E-state index contributed by atoms with van der Waals surface area (Å²) in [6.45, 7) is 3.44. The molecule has 0 fully saturated rings. The fourth-order valence-electron chi connectivity index (χ4n) is 1.79. The van der Waals surface area contributed by atoms with Gasteiger partial charge in [-0.2, -0.15) is 0 Å². The van der Waals surface area contributed by atoms with Gasteiger partial charge in [0.15, 0.2) is 0 Å². The zero-order valence-corrected chi connectivity index (χ0v) is 11.2. The average molecular weight is 260 g/mol. The second-order valence-corrected chi connectivity index (χ2v) is 4.71. The first-order valence-electron chi connectivity index (χ1n) is 6.02. The molecule has 18 heavy (non-hydrogen) atoms. The lowest BCUT2D eigenvalue weighted by atomic mass is 10.1. The number of benzene rings is 1. The van der Waals surface area contributed by atoms with E-state index >= 15 is 0 Å². The van der Waals surface area contributed by atoms with Crippen LogP contribution in [0, 0.1) is 0 Å². The van der Waals surface area contributed by atoms with Crippen LogP contribution in [0.2, 0.25) is 0 Å². The Hall–Kier alpha value is -1.68. The lowest BCUT2D eigenvalue weighted by Gasteiger charge is -2.19. The van der Waals surface area contributed by atoms with Crippen molar-refractivity contribution in [2.75, 3.05) is 13.1 Å². The summed E-state index contributed by atoms with van der Waals surface area (Å²) in [5.41, 5.74) is 3.50. The molecule has 3 nitrogen and oxygen atoms in total. The third kappa shape index (κ3) is 3.17. The van der Waals surface area contributed by atoms with Crippen molar-refractivity contribution in [3.63, 3.8) is 0 Å². The molecule has 0 atom stereocenters. The second kappa shape index (κ2) is 6.31. The lowest BCUT2D eigenvalue weighted by Crippen LogP contribution is -2.32. The summed E-state index contributed by atoms with van der Waals surface area (Å²) >= 11 is 1.45. The van der Waals surface area contributed by atoms with E-state index < -0.39 is 0 Å². The Kier molecular flexibility index (Phi) is 4.47. The molecule has 0 aliphatic heterocycles. The van der Waals surface area contributed by atoms with E-state index in [1.54, 1.807) is 10.9 Å². The Morgan fingerprint density at radius 1 is 1.33 bits per heavy atom. The van der Waals surface area contributed by atoms with Crippen LogP contribution in [0.15, 0.2) is 41.2 Å². The molecular formula is C14H16N2OS. The minimum atomic E-state index is 0.0229. The molecule has 94 valence electrons. The van der Waals surface area contributed by atoms with Crippen LogP contribution in [0.25, 0.3) is 0 Å². The van der Waals surface area contributed by atoms with E-state index in [1.165, 1.54) is 16.9 Å². The molecule has 1 heterocycles. The van der Waals surface area contributed by atoms with Crippen LogP contribution in [-0.2, 0) is 6.42 Å². The minimum absolute atomic E-state index is 0.0229. The van der Waals surface area contributed by atoms with Gasteiger partial charge >= 0.3 is 0 Å². The Morgan fingerprint density at radius 2 is 2.11 bits per heavy atom. The van der Waals surface area contributed by atoms with Crippen molar-refractivity contribution in [3.8, 4) is 0 Å². The van der Waals surface area contributed by atoms with Crippen LogP contribution in [0.3, 0.4) is 0 Å². The number of amides is 1. The van der Waals surface area contributed by atoms with Gasteiger partial charge in [-0.25, -0.2) is 4.98 Å². The maximum Gasteiger partial charge on any atom is 0.273 e. The van der Waals surface area contributed by atoms with E-state index in [-0.39, 0.29) is 5.91 Å². The largest absolute Gasteiger partial charge is 0.337 e. The van der Waals surface area contributed by atoms with Crippen LogP contribution in [0.4, 0.5) is 0 Å². The van der Waals surface area contributed by atoms with E-state index in [0.717, 1.165) is 13.0 Å². The third-order valence-electron chi connectivity index (χ3n) is 2.83. The molecule has 1 aromatic carbocycles. The number of rotatable bonds is 5. The van der Waals surface area contributed by atoms with Gasteiger partial charge in [0.25, 0.3) is 5.91 Å². The number of carbonyl (C=O) groups excluding carboxylic acids is 1. The average Bonchev–Trinajstić information content (AvgIpc) is 2.94. The summed E-state index contributed by atoms with van der Waals surface area (Å²) in [7, 11) is 0. The molecule has 1 amide bonds. The normalized spacial score (nSPS) is 10.3. The molecule has 0 N–H and O–H groups in total. The van der Waals surface area contributed by atoms with E-state index in [1.807, 2.05) is 30.0 Å². The fraction of sp³-hybridized carbons (Fsp3) is 0.286. The first-order chi connectivity index (χ1) is 8.81. The van der Waals surface area contributed by atoms with Crippen LogP contribution in [0.5, 0.6) is 0 Å². The van der Waals surface area contributed by atoms with Gasteiger partial charge in [0.1, 0.15) is 5.69 Å². The topological polar surface area (TPSA) is 33.2 Å². The summed E-state index contributed by atoms with van der Waals surface area (Å²) in [5, 5.41) is 1.80. The fourth-order valence-corrected chi connectivity index (χ4v) is 2.32. The molecule has 0 aliphatic carbocycles. The first-order valence-corrected chi connectivity index (χ1v) is 6.97. The second-order valence-electron chi connectivity index (χ2n) is 3.99. The van der Waals surface area contributed by atoms with Crippen molar-refractivity contribution in [1.29, 1.82) is 0 Å². The summed E-state index contributed by atoms with van der Waals surface area (Å²) < 4.78 is 0. The quantitative estimate of drug-likeness (QED) is 0.828. The number of hydrogen-bond donors (Lipinski definition) is 0. The van der Waals surface area contributed by atoms with Gasteiger partial charge in [-0.1, -0.05) is 30.3 Å². The van der Waals surface area contributed by atoms with Crippen LogP contribution in [0.1, 0.15) is 23.0 Å². The Bertz CT molecular complexity index is 482. The molecule has 0 bridgehead atoms. The molecule has 0 unspecified atom stereocenters. The predicted molar refractivity (Wildman–Crippen MR) is 73.8 cm³/mol. The molecule has 0 aliphatic rings. The van der Waals surface area contributed by atoms with Gasteiger partial charge < -0.3 is 4.90 Å². The summed E-state index contributed by atoms with van der Waals surface area (Å²) in [4.78, 5) is 18.0. The van der Waals surface area contributed by atoms with Crippen molar-refractivity contribution in [3.05, 3.63) is 52.5 Å².